The van der Waals surface area contributed by atoms with E-state index in [9.17, 15) is 19.1 Å². The number of ether oxygens (including phenoxy) is 1. The maximum absolute atomic E-state index is 13.6. The lowest BCUT2D eigenvalue weighted by Gasteiger charge is -2.17. The second kappa shape index (κ2) is 9.19. The summed E-state index contributed by atoms with van der Waals surface area (Å²) in [6, 6.07) is 12.2. The Hall–Kier alpha value is -3.39. The number of carbonyl (C=O) groups excluding carboxylic acids is 2. The van der Waals surface area contributed by atoms with Crippen molar-refractivity contribution < 1.29 is 29.0 Å². The van der Waals surface area contributed by atoms with Crippen LogP contribution in [-0.4, -0.2) is 22.3 Å². The monoisotopic (exact) mass is 360 g/mol. The summed E-state index contributed by atoms with van der Waals surface area (Å²) in [6.45, 7) is 0. The number of benzene rings is 2. The number of hydroxylamine groups is 1. The van der Waals surface area contributed by atoms with E-state index in [1.165, 1.54) is 17.6 Å². The maximum Gasteiger partial charge on any atom is 0.412 e. The van der Waals surface area contributed by atoms with E-state index >= 15 is 0 Å². The molecule has 136 valence electrons. The van der Waals surface area contributed by atoms with Crippen LogP contribution in [0.3, 0.4) is 0 Å². The third-order valence-corrected chi connectivity index (χ3v) is 3.34. The van der Waals surface area contributed by atoms with Gasteiger partial charge in [0.25, 0.3) is 5.91 Å². The molecular weight excluding hydrogens is 343 g/mol. The number of phenols is 1. The van der Waals surface area contributed by atoms with Crippen molar-refractivity contribution in [3.63, 3.8) is 0 Å². The molecule has 1 atom stereocenters. The zero-order chi connectivity index (χ0) is 18.9. The van der Waals surface area contributed by atoms with Gasteiger partial charge in [0.05, 0.1) is 0 Å². The summed E-state index contributed by atoms with van der Waals surface area (Å²) in [6.07, 6.45) is 0.755. The van der Waals surface area contributed by atoms with Crippen LogP contribution in [0.15, 0.2) is 60.7 Å². The van der Waals surface area contributed by atoms with Crippen molar-refractivity contribution in [2.24, 2.45) is 0 Å². The van der Waals surface area contributed by atoms with Gasteiger partial charge in [-0.25, -0.2) is 14.7 Å². The molecule has 0 aliphatic rings. The van der Waals surface area contributed by atoms with Crippen molar-refractivity contribution in [1.82, 2.24) is 5.48 Å². The predicted octanol–water partition coefficient (Wildman–Crippen LogP) is 3.27. The van der Waals surface area contributed by atoms with E-state index in [2.05, 4.69) is 5.32 Å². The molecule has 0 aliphatic carbocycles. The number of phenolic OH excluding ortho intramolecular Hbond substituents is 1. The van der Waals surface area contributed by atoms with Gasteiger partial charge in [0.15, 0.2) is 11.6 Å². The first-order valence-corrected chi connectivity index (χ1v) is 7.61. The molecule has 0 saturated heterocycles. The van der Waals surface area contributed by atoms with E-state index in [1.807, 2.05) is 0 Å². The average molecular weight is 360 g/mol. The van der Waals surface area contributed by atoms with Gasteiger partial charge in [0, 0.05) is 18.2 Å². The van der Waals surface area contributed by atoms with Crippen LogP contribution in [0.2, 0.25) is 0 Å². The highest BCUT2D eigenvalue weighted by Gasteiger charge is 2.18. The number of rotatable bonds is 6. The van der Waals surface area contributed by atoms with Crippen LogP contribution in [0.1, 0.15) is 18.1 Å². The Kier molecular flexibility index (Phi) is 6.69. The lowest BCUT2D eigenvalue weighted by atomic mass is 10.1. The normalized spacial score (nSPS) is 11.8. The van der Waals surface area contributed by atoms with Crippen molar-refractivity contribution in [3.05, 3.63) is 72.1 Å². The number of aromatic hydroxyl groups is 1. The number of amides is 2. The van der Waals surface area contributed by atoms with Crippen molar-refractivity contribution in [3.8, 4) is 5.75 Å². The van der Waals surface area contributed by atoms with Gasteiger partial charge in [-0.15, -0.1) is 0 Å². The molecule has 4 N–H and O–H groups in total. The number of hydrogen-bond donors (Lipinski definition) is 4. The minimum atomic E-state index is -0.920. The van der Waals surface area contributed by atoms with E-state index in [1.54, 1.807) is 30.3 Å². The van der Waals surface area contributed by atoms with E-state index in [-0.39, 0.29) is 12.0 Å². The lowest BCUT2D eigenvalue weighted by molar-refractivity contribution is -0.124. The zero-order valence-electron chi connectivity index (χ0n) is 13.6. The SMILES string of the molecule is O=C(/C=C/C[C@@H](OC(=O)Nc1ccccc1)c1ccc(O)c(F)c1)NO. The van der Waals surface area contributed by atoms with Crippen LogP contribution in [0.4, 0.5) is 14.9 Å². The summed E-state index contributed by atoms with van der Waals surface area (Å²) in [5.74, 6) is -2.15. The molecule has 0 radical (unpaired) electrons. The van der Waals surface area contributed by atoms with Crippen molar-refractivity contribution in [2.45, 2.75) is 12.5 Å². The van der Waals surface area contributed by atoms with Gasteiger partial charge in [0.2, 0.25) is 0 Å². The van der Waals surface area contributed by atoms with Crippen LogP contribution < -0.4 is 10.8 Å². The number of nitrogens with one attached hydrogen (secondary N) is 2. The van der Waals surface area contributed by atoms with Crippen molar-refractivity contribution in [1.29, 1.82) is 0 Å². The summed E-state index contributed by atoms with van der Waals surface area (Å²) in [5.41, 5.74) is 2.24. The molecule has 0 fully saturated rings. The van der Waals surface area contributed by atoms with E-state index in [0.717, 1.165) is 18.2 Å². The summed E-state index contributed by atoms with van der Waals surface area (Å²) in [5, 5.41) is 20.3. The number of hydrogen-bond acceptors (Lipinski definition) is 5. The molecule has 7 nitrogen and oxygen atoms in total. The highest BCUT2D eigenvalue weighted by molar-refractivity contribution is 5.86. The Balaban J connectivity index is 2.13. The third kappa shape index (κ3) is 5.60. The smallest absolute Gasteiger partial charge is 0.412 e. The lowest BCUT2D eigenvalue weighted by Crippen LogP contribution is -2.18. The minimum Gasteiger partial charge on any atom is -0.505 e. The molecule has 2 amide bonds. The number of anilines is 1. The highest BCUT2D eigenvalue weighted by Crippen LogP contribution is 2.26. The second-order valence-electron chi connectivity index (χ2n) is 5.21. The van der Waals surface area contributed by atoms with Crippen molar-refractivity contribution >= 4 is 17.7 Å². The fraction of sp³-hybridized carbons (Fsp3) is 0.111. The second-order valence-corrected chi connectivity index (χ2v) is 5.21. The molecule has 26 heavy (non-hydrogen) atoms. The van der Waals surface area contributed by atoms with Crippen LogP contribution >= 0.6 is 0 Å². The quantitative estimate of drug-likeness (QED) is 0.359. The van der Waals surface area contributed by atoms with Gasteiger partial charge >= 0.3 is 6.09 Å². The number of para-hydroxylation sites is 1. The standard InChI is InChI=1S/C18H17FN2O5/c19-14-11-12(9-10-15(14)22)16(7-4-8-17(23)21-25)26-18(24)20-13-5-2-1-3-6-13/h1-6,8-11,16,22,25H,7H2,(H,20,24)(H,21,23)/b8-4+/t16-/m1/s1. The average Bonchev–Trinajstić information content (AvgIpc) is 2.63. The van der Waals surface area contributed by atoms with E-state index in [4.69, 9.17) is 9.94 Å². The molecule has 0 unspecified atom stereocenters. The molecule has 8 heteroatoms. The number of carbonyl (C=O) groups is 2. The molecule has 0 saturated carbocycles. The fourth-order valence-electron chi connectivity index (χ4n) is 2.11. The first-order valence-electron chi connectivity index (χ1n) is 7.61. The van der Waals surface area contributed by atoms with Crippen LogP contribution in [0.25, 0.3) is 0 Å². The summed E-state index contributed by atoms with van der Waals surface area (Å²) in [7, 11) is 0. The first-order chi connectivity index (χ1) is 12.5. The van der Waals surface area contributed by atoms with Crippen LogP contribution in [0.5, 0.6) is 5.75 Å². The predicted molar refractivity (Wildman–Crippen MR) is 91.0 cm³/mol. The van der Waals surface area contributed by atoms with Crippen molar-refractivity contribution in [2.75, 3.05) is 5.32 Å². The largest absolute Gasteiger partial charge is 0.505 e. The van der Waals surface area contributed by atoms with Gasteiger partial charge < -0.3 is 9.84 Å². The molecule has 0 bridgehead atoms. The minimum absolute atomic E-state index is 0.0415. The van der Waals surface area contributed by atoms with Gasteiger partial charge in [-0.2, -0.15) is 0 Å². The summed E-state index contributed by atoms with van der Waals surface area (Å²) in [4.78, 5) is 23.1. The molecule has 2 rings (SSSR count). The molecule has 2 aromatic carbocycles. The Morgan fingerprint density at radius 1 is 1.19 bits per heavy atom. The Labute approximate surface area is 148 Å². The summed E-state index contributed by atoms with van der Waals surface area (Å²) >= 11 is 0. The highest BCUT2D eigenvalue weighted by atomic mass is 19.1. The molecule has 0 spiro atoms. The van der Waals surface area contributed by atoms with Gasteiger partial charge in [-0.3, -0.25) is 15.3 Å². The maximum atomic E-state index is 13.6. The van der Waals surface area contributed by atoms with Gasteiger partial charge in [-0.1, -0.05) is 30.3 Å². The topological polar surface area (TPSA) is 108 Å². The Morgan fingerprint density at radius 3 is 2.58 bits per heavy atom. The molecule has 0 aromatic heterocycles. The number of halogens is 1. The molecule has 0 heterocycles. The van der Waals surface area contributed by atoms with Gasteiger partial charge in [0.1, 0.15) is 6.10 Å². The molecule has 2 aromatic rings. The fourth-order valence-corrected chi connectivity index (χ4v) is 2.11. The Bertz CT molecular complexity index is 795. The molecular formula is C18H17FN2O5. The first kappa shape index (κ1) is 18.9. The third-order valence-electron chi connectivity index (χ3n) is 3.34. The summed E-state index contributed by atoms with van der Waals surface area (Å²) < 4.78 is 18.9. The van der Waals surface area contributed by atoms with Gasteiger partial charge in [-0.05, 0) is 29.8 Å². The zero-order valence-corrected chi connectivity index (χ0v) is 13.6. The van der Waals surface area contributed by atoms with E-state index < -0.39 is 29.7 Å². The Morgan fingerprint density at radius 2 is 1.92 bits per heavy atom. The van der Waals surface area contributed by atoms with Crippen LogP contribution in [-0.2, 0) is 9.53 Å². The molecule has 0 aliphatic heterocycles. The van der Waals surface area contributed by atoms with Crippen LogP contribution in [0, 0.1) is 5.82 Å². The van der Waals surface area contributed by atoms with E-state index in [0.29, 0.717) is 5.69 Å².